The standard InChI is InChI=1S/C24H21BrClN3O/c1-15(18-5-8-20(25)9-6-18)27-24(30)19-7-12-23-22(13-19)16(2)28-29(23)14-17-3-10-21(26)11-4-17/h3-13,15H,14H2,1-2H3,(H,27,30)/t15-/m0/s1. The molecule has 0 aliphatic carbocycles. The summed E-state index contributed by atoms with van der Waals surface area (Å²) >= 11 is 9.42. The van der Waals surface area contributed by atoms with Crippen molar-refractivity contribution in [2.24, 2.45) is 0 Å². The number of rotatable bonds is 5. The first-order chi connectivity index (χ1) is 14.4. The maximum absolute atomic E-state index is 12.8. The smallest absolute Gasteiger partial charge is 0.251 e. The average Bonchev–Trinajstić information content (AvgIpc) is 3.05. The molecule has 0 radical (unpaired) electrons. The number of hydrogen-bond donors (Lipinski definition) is 1. The fourth-order valence-corrected chi connectivity index (χ4v) is 3.87. The van der Waals surface area contributed by atoms with E-state index in [1.807, 2.05) is 85.3 Å². The molecule has 0 fully saturated rings. The van der Waals surface area contributed by atoms with Gasteiger partial charge in [0.2, 0.25) is 0 Å². The predicted octanol–water partition coefficient (Wildman–Crippen LogP) is 6.30. The van der Waals surface area contributed by atoms with Crippen LogP contribution in [0.2, 0.25) is 5.02 Å². The second kappa shape index (κ2) is 8.62. The fourth-order valence-electron chi connectivity index (χ4n) is 3.48. The van der Waals surface area contributed by atoms with Gasteiger partial charge in [-0.2, -0.15) is 5.10 Å². The van der Waals surface area contributed by atoms with E-state index >= 15 is 0 Å². The summed E-state index contributed by atoms with van der Waals surface area (Å²) in [7, 11) is 0. The van der Waals surface area contributed by atoms with Crippen LogP contribution in [0.25, 0.3) is 10.9 Å². The van der Waals surface area contributed by atoms with E-state index in [1.54, 1.807) is 0 Å². The van der Waals surface area contributed by atoms with Crippen molar-refractivity contribution >= 4 is 44.3 Å². The lowest BCUT2D eigenvalue weighted by Crippen LogP contribution is -2.26. The molecule has 0 spiro atoms. The normalized spacial score (nSPS) is 12.1. The first-order valence-corrected chi connectivity index (χ1v) is 10.9. The van der Waals surface area contributed by atoms with Gasteiger partial charge in [-0.15, -0.1) is 0 Å². The fraction of sp³-hybridized carbons (Fsp3) is 0.167. The van der Waals surface area contributed by atoms with Crippen molar-refractivity contribution in [2.75, 3.05) is 0 Å². The Balaban J connectivity index is 1.55. The summed E-state index contributed by atoms with van der Waals surface area (Å²) in [6.07, 6.45) is 0. The molecule has 0 unspecified atom stereocenters. The Morgan fingerprint density at radius 1 is 1.10 bits per heavy atom. The number of carbonyl (C=O) groups is 1. The molecule has 4 aromatic rings. The van der Waals surface area contributed by atoms with E-state index < -0.39 is 0 Å². The molecule has 1 heterocycles. The van der Waals surface area contributed by atoms with Crippen molar-refractivity contribution in [3.8, 4) is 0 Å². The molecule has 4 rings (SSSR count). The Kier molecular flexibility index (Phi) is 5.93. The summed E-state index contributed by atoms with van der Waals surface area (Å²) in [4.78, 5) is 12.8. The van der Waals surface area contributed by atoms with Gasteiger partial charge in [-0.3, -0.25) is 9.48 Å². The van der Waals surface area contributed by atoms with Gasteiger partial charge in [0.1, 0.15) is 0 Å². The van der Waals surface area contributed by atoms with Crippen LogP contribution in [-0.2, 0) is 6.54 Å². The summed E-state index contributed by atoms with van der Waals surface area (Å²) < 4.78 is 2.97. The Morgan fingerprint density at radius 2 is 1.80 bits per heavy atom. The molecule has 30 heavy (non-hydrogen) atoms. The van der Waals surface area contributed by atoms with Crippen molar-refractivity contribution in [3.63, 3.8) is 0 Å². The molecule has 152 valence electrons. The third-order valence-corrected chi connectivity index (χ3v) is 5.94. The lowest BCUT2D eigenvalue weighted by Gasteiger charge is -2.14. The zero-order chi connectivity index (χ0) is 21.3. The molecular weight excluding hydrogens is 462 g/mol. The van der Waals surface area contributed by atoms with Crippen molar-refractivity contribution in [1.29, 1.82) is 0 Å². The van der Waals surface area contributed by atoms with Gasteiger partial charge in [-0.25, -0.2) is 0 Å². The molecule has 1 N–H and O–H groups in total. The first kappa shape index (κ1) is 20.6. The van der Waals surface area contributed by atoms with Crippen LogP contribution in [-0.4, -0.2) is 15.7 Å². The molecule has 0 bridgehead atoms. The third kappa shape index (κ3) is 4.42. The van der Waals surface area contributed by atoms with E-state index in [-0.39, 0.29) is 11.9 Å². The van der Waals surface area contributed by atoms with Crippen LogP contribution < -0.4 is 5.32 Å². The number of carbonyl (C=O) groups excluding carboxylic acids is 1. The Bertz CT molecular complexity index is 1200. The van der Waals surface area contributed by atoms with Gasteiger partial charge in [0.25, 0.3) is 5.91 Å². The monoisotopic (exact) mass is 481 g/mol. The van der Waals surface area contributed by atoms with Crippen LogP contribution in [0.1, 0.15) is 40.1 Å². The number of halogens is 2. The highest BCUT2D eigenvalue weighted by Gasteiger charge is 2.15. The maximum Gasteiger partial charge on any atom is 0.251 e. The first-order valence-electron chi connectivity index (χ1n) is 9.68. The molecule has 1 atom stereocenters. The molecule has 1 amide bonds. The highest BCUT2D eigenvalue weighted by atomic mass is 79.9. The lowest BCUT2D eigenvalue weighted by molar-refractivity contribution is 0.0940. The molecule has 3 aromatic carbocycles. The van der Waals surface area contributed by atoms with Gasteiger partial charge in [0.15, 0.2) is 0 Å². The van der Waals surface area contributed by atoms with E-state index in [2.05, 4.69) is 26.3 Å². The maximum atomic E-state index is 12.8. The second-order valence-electron chi connectivity index (χ2n) is 7.35. The molecule has 0 aliphatic rings. The van der Waals surface area contributed by atoms with Crippen molar-refractivity contribution in [3.05, 3.63) is 98.6 Å². The van der Waals surface area contributed by atoms with E-state index in [4.69, 9.17) is 11.6 Å². The van der Waals surface area contributed by atoms with Crippen LogP contribution >= 0.6 is 27.5 Å². The minimum absolute atomic E-state index is 0.0879. The highest BCUT2D eigenvalue weighted by Crippen LogP contribution is 2.22. The van der Waals surface area contributed by atoms with Crippen molar-refractivity contribution in [1.82, 2.24) is 15.1 Å². The van der Waals surface area contributed by atoms with Gasteiger partial charge in [0, 0.05) is 20.4 Å². The average molecular weight is 483 g/mol. The Hall–Kier alpha value is -2.63. The summed E-state index contributed by atoms with van der Waals surface area (Å²) in [5.41, 5.74) is 4.70. The van der Waals surface area contributed by atoms with Crippen molar-refractivity contribution in [2.45, 2.75) is 26.4 Å². The van der Waals surface area contributed by atoms with E-state index in [1.165, 1.54) is 0 Å². The number of aryl methyl sites for hydroxylation is 1. The highest BCUT2D eigenvalue weighted by molar-refractivity contribution is 9.10. The summed E-state index contributed by atoms with van der Waals surface area (Å²) in [5.74, 6) is -0.0998. The van der Waals surface area contributed by atoms with Crippen LogP contribution in [0.4, 0.5) is 0 Å². The number of hydrogen-bond acceptors (Lipinski definition) is 2. The lowest BCUT2D eigenvalue weighted by atomic mass is 10.1. The molecule has 0 saturated carbocycles. The number of aromatic nitrogens is 2. The topological polar surface area (TPSA) is 46.9 Å². The molecule has 4 nitrogen and oxygen atoms in total. The van der Waals surface area contributed by atoms with Crippen LogP contribution in [0.3, 0.4) is 0 Å². The molecular formula is C24H21BrClN3O. The zero-order valence-corrected chi connectivity index (χ0v) is 19.0. The zero-order valence-electron chi connectivity index (χ0n) is 16.7. The second-order valence-corrected chi connectivity index (χ2v) is 8.70. The SMILES string of the molecule is Cc1nn(Cc2ccc(Cl)cc2)c2ccc(C(=O)N[C@@H](C)c3ccc(Br)cc3)cc12. The van der Waals surface area contributed by atoms with E-state index in [0.29, 0.717) is 17.1 Å². The number of nitrogens with zero attached hydrogens (tertiary/aromatic N) is 2. The number of nitrogens with one attached hydrogen (secondary N) is 1. The quantitative estimate of drug-likeness (QED) is 0.363. The van der Waals surface area contributed by atoms with Crippen LogP contribution in [0.15, 0.2) is 71.2 Å². The summed E-state index contributed by atoms with van der Waals surface area (Å²) in [6.45, 7) is 4.59. The summed E-state index contributed by atoms with van der Waals surface area (Å²) in [5, 5.41) is 9.44. The van der Waals surface area contributed by atoms with Gasteiger partial charge in [0.05, 0.1) is 23.8 Å². The molecule has 6 heteroatoms. The largest absolute Gasteiger partial charge is 0.346 e. The third-order valence-electron chi connectivity index (χ3n) is 5.16. The Morgan fingerprint density at radius 3 is 2.50 bits per heavy atom. The molecule has 0 saturated heterocycles. The molecule has 0 aliphatic heterocycles. The Labute approximate surface area is 189 Å². The van der Waals surface area contributed by atoms with Crippen LogP contribution in [0, 0.1) is 6.92 Å². The molecule has 1 aromatic heterocycles. The van der Waals surface area contributed by atoms with E-state index in [9.17, 15) is 4.79 Å². The summed E-state index contributed by atoms with van der Waals surface area (Å²) in [6, 6.07) is 21.4. The number of benzene rings is 3. The predicted molar refractivity (Wildman–Crippen MR) is 125 cm³/mol. The minimum atomic E-state index is -0.0998. The minimum Gasteiger partial charge on any atom is -0.346 e. The number of amides is 1. The number of fused-ring (bicyclic) bond motifs is 1. The van der Waals surface area contributed by atoms with Gasteiger partial charge >= 0.3 is 0 Å². The van der Waals surface area contributed by atoms with Crippen molar-refractivity contribution < 1.29 is 4.79 Å². The van der Waals surface area contributed by atoms with Gasteiger partial charge in [-0.05, 0) is 67.4 Å². The van der Waals surface area contributed by atoms with E-state index in [0.717, 1.165) is 32.2 Å². The van der Waals surface area contributed by atoms with Gasteiger partial charge in [-0.1, -0.05) is 51.8 Å². The van der Waals surface area contributed by atoms with Gasteiger partial charge < -0.3 is 5.32 Å². The van der Waals surface area contributed by atoms with Crippen LogP contribution in [0.5, 0.6) is 0 Å².